The molecule has 0 radical (unpaired) electrons. The summed E-state index contributed by atoms with van der Waals surface area (Å²) in [6.07, 6.45) is 1.88. The molecule has 3 aromatic heterocycles. The van der Waals surface area contributed by atoms with Crippen LogP contribution < -0.4 is 10.2 Å². The number of aromatic nitrogens is 6. The van der Waals surface area contributed by atoms with Crippen LogP contribution in [0.4, 0.5) is 11.9 Å². The predicted molar refractivity (Wildman–Crippen MR) is 116 cm³/mol. The van der Waals surface area contributed by atoms with Gasteiger partial charge in [0, 0.05) is 12.1 Å². The predicted octanol–water partition coefficient (Wildman–Crippen LogP) is 2.96. The standard InChI is InChI=1S/C21H26N8O/c1-13(2)15-10-23-29-19(15)26-21(28-8-9-30-12-14(28)3)27-20(29)22-11-18-24-16-6-4-5-7-17(16)25-18/h4-7,10,13-14H,8-9,11-12H2,1-3H3,(H,24,25)(H,22,26,27). The van der Waals surface area contributed by atoms with Gasteiger partial charge in [-0.3, -0.25) is 0 Å². The fourth-order valence-electron chi connectivity index (χ4n) is 3.81. The van der Waals surface area contributed by atoms with E-state index in [9.17, 15) is 0 Å². The number of nitrogens with one attached hydrogen (secondary N) is 2. The summed E-state index contributed by atoms with van der Waals surface area (Å²) in [5.74, 6) is 2.52. The van der Waals surface area contributed by atoms with Crippen LogP contribution in [0.15, 0.2) is 30.5 Å². The maximum Gasteiger partial charge on any atom is 0.231 e. The number of morpholine rings is 1. The third-order valence-corrected chi connectivity index (χ3v) is 5.48. The van der Waals surface area contributed by atoms with Crippen LogP contribution in [-0.4, -0.2) is 55.4 Å². The SMILES string of the molecule is CC(C)c1cnn2c(NCc3nc4ccccc4[nH]3)nc(N3CCOCC3C)nc12. The fraction of sp³-hybridized carbons (Fsp3) is 0.429. The number of H-pyrrole nitrogens is 1. The van der Waals surface area contributed by atoms with Crippen LogP contribution >= 0.6 is 0 Å². The molecule has 4 heterocycles. The molecule has 9 heteroatoms. The minimum absolute atomic E-state index is 0.217. The number of imidazole rings is 1. The molecule has 1 aliphatic rings. The van der Waals surface area contributed by atoms with Gasteiger partial charge in [0.2, 0.25) is 11.9 Å². The zero-order valence-electron chi connectivity index (χ0n) is 17.5. The monoisotopic (exact) mass is 406 g/mol. The van der Waals surface area contributed by atoms with E-state index in [1.807, 2.05) is 30.5 Å². The van der Waals surface area contributed by atoms with E-state index in [1.165, 1.54) is 0 Å². The molecule has 0 amide bonds. The Hall–Kier alpha value is -3.20. The third kappa shape index (κ3) is 3.35. The van der Waals surface area contributed by atoms with Gasteiger partial charge in [-0.05, 0) is 25.0 Å². The number of benzene rings is 1. The number of ether oxygens (including phenoxy) is 1. The second-order valence-electron chi connectivity index (χ2n) is 8.01. The maximum atomic E-state index is 5.59. The highest BCUT2D eigenvalue weighted by Gasteiger charge is 2.24. The highest BCUT2D eigenvalue weighted by atomic mass is 16.5. The van der Waals surface area contributed by atoms with Gasteiger partial charge in [-0.2, -0.15) is 19.6 Å². The van der Waals surface area contributed by atoms with E-state index in [0.717, 1.165) is 34.6 Å². The molecule has 1 aromatic carbocycles. The molecule has 2 N–H and O–H groups in total. The van der Waals surface area contributed by atoms with Crippen molar-refractivity contribution in [2.75, 3.05) is 30.0 Å². The van der Waals surface area contributed by atoms with Crippen LogP contribution in [0.5, 0.6) is 0 Å². The lowest BCUT2D eigenvalue weighted by Gasteiger charge is -2.33. The number of aromatic amines is 1. The topological polar surface area (TPSA) is 96.3 Å². The molecule has 156 valence electrons. The summed E-state index contributed by atoms with van der Waals surface area (Å²) in [4.78, 5) is 19.9. The van der Waals surface area contributed by atoms with Crippen molar-refractivity contribution < 1.29 is 4.74 Å². The molecule has 1 saturated heterocycles. The molecule has 1 unspecified atom stereocenters. The van der Waals surface area contributed by atoms with Gasteiger partial charge in [0.1, 0.15) is 5.82 Å². The van der Waals surface area contributed by atoms with Gasteiger partial charge in [0.15, 0.2) is 5.65 Å². The molecular formula is C21H26N8O. The van der Waals surface area contributed by atoms with Crippen LogP contribution in [0, 0.1) is 0 Å². The molecule has 30 heavy (non-hydrogen) atoms. The van der Waals surface area contributed by atoms with Crippen molar-refractivity contribution in [1.82, 2.24) is 29.5 Å². The van der Waals surface area contributed by atoms with E-state index >= 15 is 0 Å². The highest BCUT2D eigenvalue weighted by Crippen LogP contribution is 2.25. The number of para-hydroxylation sites is 2. The quantitative estimate of drug-likeness (QED) is 0.526. The number of anilines is 2. The third-order valence-electron chi connectivity index (χ3n) is 5.48. The fourth-order valence-corrected chi connectivity index (χ4v) is 3.81. The lowest BCUT2D eigenvalue weighted by atomic mass is 10.1. The van der Waals surface area contributed by atoms with E-state index < -0.39 is 0 Å². The first kappa shape index (κ1) is 18.8. The molecule has 4 aromatic rings. The first-order valence-electron chi connectivity index (χ1n) is 10.4. The van der Waals surface area contributed by atoms with Crippen molar-refractivity contribution in [1.29, 1.82) is 0 Å². The van der Waals surface area contributed by atoms with Gasteiger partial charge in [-0.25, -0.2) is 4.98 Å². The van der Waals surface area contributed by atoms with Crippen LogP contribution in [0.3, 0.4) is 0 Å². The van der Waals surface area contributed by atoms with E-state index in [0.29, 0.717) is 37.6 Å². The smallest absolute Gasteiger partial charge is 0.231 e. The van der Waals surface area contributed by atoms with Gasteiger partial charge in [0.25, 0.3) is 0 Å². The van der Waals surface area contributed by atoms with Gasteiger partial charge in [0.05, 0.1) is 43.0 Å². The number of hydrogen-bond donors (Lipinski definition) is 2. The van der Waals surface area contributed by atoms with E-state index in [1.54, 1.807) is 4.52 Å². The molecular weight excluding hydrogens is 380 g/mol. The van der Waals surface area contributed by atoms with Crippen molar-refractivity contribution in [3.05, 3.63) is 41.9 Å². The van der Waals surface area contributed by atoms with Gasteiger partial charge >= 0.3 is 0 Å². The summed E-state index contributed by atoms with van der Waals surface area (Å²) in [5, 5.41) is 7.96. The Kier molecular flexibility index (Phi) is 4.74. The van der Waals surface area contributed by atoms with E-state index in [4.69, 9.17) is 14.7 Å². The highest BCUT2D eigenvalue weighted by molar-refractivity contribution is 5.74. The summed E-state index contributed by atoms with van der Waals surface area (Å²) < 4.78 is 7.37. The average Bonchev–Trinajstić information content (AvgIpc) is 3.36. The number of nitrogens with zero attached hydrogens (tertiary/aromatic N) is 6. The maximum absolute atomic E-state index is 5.59. The normalized spacial score (nSPS) is 17.3. The van der Waals surface area contributed by atoms with Gasteiger partial charge < -0.3 is 19.9 Å². The molecule has 9 nitrogen and oxygen atoms in total. The molecule has 0 saturated carbocycles. The Morgan fingerprint density at radius 1 is 1.23 bits per heavy atom. The Morgan fingerprint density at radius 2 is 2.10 bits per heavy atom. The summed E-state index contributed by atoms with van der Waals surface area (Å²) in [7, 11) is 0. The second kappa shape index (κ2) is 7.56. The first-order chi connectivity index (χ1) is 14.6. The van der Waals surface area contributed by atoms with E-state index in [-0.39, 0.29) is 6.04 Å². The second-order valence-corrected chi connectivity index (χ2v) is 8.01. The van der Waals surface area contributed by atoms with E-state index in [2.05, 4.69) is 46.1 Å². The van der Waals surface area contributed by atoms with Gasteiger partial charge in [-0.15, -0.1) is 0 Å². The summed E-state index contributed by atoms with van der Waals surface area (Å²) in [6.45, 7) is 9.06. The van der Waals surface area contributed by atoms with Crippen LogP contribution in [0.2, 0.25) is 0 Å². The first-order valence-corrected chi connectivity index (χ1v) is 10.4. The minimum Gasteiger partial charge on any atom is -0.377 e. The van der Waals surface area contributed by atoms with Crippen LogP contribution in [-0.2, 0) is 11.3 Å². The van der Waals surface area contributed by atoms with Crippen LogP contribution in [0.25, 0.3) is 16.7 Å². The lowest BCUT2D eigenvalue weighted by Crippen LogP contribution is -2.44. The molecule has 1 atom stereocenters. The zero-order valence-corrected chi connectivity index (χ0v) is 17.5. The molecule has 0 bridgehead atoms. The molecule has 0 spiro atoms. The Morgan fingerprint density at radius 3 is 2.90 bits per heavy atom. The molecule has 5 rings (SSSR count). The average molecular weight is 406 g/mol. The molecule has 0 aliphatic carbocycles. The summed E-state index contributed by atoms with van der Waals surface area (Å²) >= 11 is 0. The van der Waals surface area contributed by atoms with Crippen molar-refractivity contribution >= 4 is 28.6 Å². The van der Waals surface area contributed by atoms with Crippen LogP contribution in [0.1, 0.15) is 38.1 Å². The van der Waals surface area contributed by atoms with Gasteiger partial charge in [-0.1, -0.05) is 26.0 Å². The largest absolute Gasteiger partial charge is 0.377 e. The lowest BCUT2D eigenvalue weighted by molar-refractivity contribution is 0.0981. The van der Waals surface area contributed by atoms with Crippen molar-refractivity contribution in [2.45, 2.75) is 39.3 Å². The van der Waals surface area contributed by atoms with Crippen molar-refractivity contribution in [3.63, 3.8) is 0 Å². The Bertz CT molecular complexity index is 1150. The van der Waals surface area contributed by atoms with Crippen molar-refractivity contribution in [2.24, 2.45) is 0 Å². The number of rotatable bonds is 5. The minimum atomic E-state index is 0.217. The Labute approximate surface area is 174 Å². The number of hydrogen-bond acceptors (Lipinski definition) is 7. The summed E-state index contributed by atoms with van der Waals surface area (Å²) in [6, 6.07) is 8.22. The summed E-state index contributed by atoms with van der Waals surface area (Å²) in [5.41, 5.74) is 3.91. The number of fused-ring (bicyclic) bond motifs is 2. The van der Waals surface area contributed by atoms with Crippen molar-refractivity contribution in [3.8, 4) is 0 Å². The molecule has 1 fully saturated rings. The molecule has 1 aliphatic heterocycles. The Balaban J connectivity index is 1.52. The zero-order chi connectivity index (χ0) is 20.7.